The number of pyridine rings is 1. The van der Waals surface area contributed by atoms with Crippen LogP contribution in [-0.4, -0.2) is 33.2 Å². The summed E-state index contributed by atoms with van der Waals surface area (Å²) in [5.41, 5.74) is 0.774. The van der Waals surface area contributed by atoms with Gasteiger partial charge in [0.2, 0.25) is 0 Å². The molecule has 1 saturated heterocycles. The number of aromatic nitrogens is 3. The third-order valence-electron chi connectivity index (χ3n) is 7.43. The number of nitrogens with zero attached hydrogens (tertiary/aromatic N) is 3. The molecule has 0 N–H and O–H groups in total. The topological polar surface area (TPSA) is 57.0 Å². The number of benzene rings is 1. The molecule has 0 bridgehead atoms. The molecule has 9 heteroatoms. The molecule has 0 amide bonds. The molecule has 1 atom stereocenters. The predicted molar refractivity (Wildman–Crippen MR) is 126 cm³/mol. The van der Waals surface area contributed by atoms with E-state index >= 15 is 0 Å². The maximum atomic E-state index is 14.8. The molecule has 3 heterocycles. The molecule has 1 spiro atoms. The maximum Gasteiger partial charge on any atom is 0.266 e. The number of thioether (sulfide) groups is 1. The lowest BCUT2D eigenvalue weighted by molar-refractivity contribution is -0.146. The van der Waals surface area contributed by atoms with Crippen molar-refractivity contribution in [2.24, 2.45) is 12.5 Å². The van der Waals surface area contributed by atoms with Gasteiger partial charge in [0.15, 0.2) is 0 Å². The molecular formula is C25H26F3N3O2S. The van der Waals surface area contributed by atoms with E-state index in [2.05, 4.69) is 9.97 Å². The van der Waals surface area contributed by atoms with Crippen LogP contribution >= 0.6 is 11.8 Å². The Kier molecular flexibility index (Phi) is 5.75. The highest BCUT2D eigenvalue weighted by Gasteiger charge is 2.60. The van der Waals surface area contributed by atoms with Crippen LogP contribution in [-0.2, 0) is 23.8 Å². The minimum Gasteiger partial charge on any atom is -0.373 e. The van der Waals surface area contributed by atoms with E-state index < -0.39 is 29.3 Å². The SMILES string of the molecule is COC1(c2cc3c(C[C@H](C)c4cccc(C(F)F)c4F)ncnc3n(C)c2=O)CC2(CSC2)C1. The first kappa shape index (κ1) is 23.4. The third kappa shape index (κ3) is 3.55. The Labute approximate surface area is 199 Å². The monoisotopic (exact) mass is 489 g/mol. The zero-order valence-electron chi connectivity index (χ0n) is 19.3. The normalized spacial score (nSPS) is 19.3. The van der Waals surface area contributed by atoms with Crippen molar-refractivity contribution in [3.63, 3.8) is 0 Å². The largest absolute Gasteiger partial charge is 0.373 e. The number of hydrogen-bond acceptors (Lipinski definition) is 5. The molecule has 1 aliphatic heterocycles. The predicted octanol–water partition coefficient (Wildman–Crippen LogP) is 5.12. The first-order valence-corrected chi connectivity index (χ1v) is 12.4. The fourth-order valence-electron chi connectivity index (χ4n) is 5.53. The highest BCUT2D eigenvalue weighted by molar-refractivity contribution is 8.00. The zero-order valence-corrected chi connectivity index (χ0v) is 20.1. The highest BCUT2D eigenvalue weighted by Crippen LogP contribution is 2.62. The summed E-state index contributed by atoms with van der Waals surface area (Å²) in [5, 5.41) is 0.692. The van der Waals surface area contributed by atoms with E-state index in [1.165, 1.54) is 23.0 Å². The van der Waals surface area contributed by atoms with Crippen molar-refractivity contribution in [1.29, 1.82) is 0 Å². The van der Waals surface area contributed by atoms with Gasteiger partial charge in [0, 0.05) is 19.5 Å². The summed E-state index contributed by atoms with van der Waals surface area (Å²) in [6, 6.07) is 5.91. The summed E-state index contributed by atoms with van der Waals surface area (Å²) in [4.78, 5) is 22.1. The maximum absolute atomic E-state index is 14.8. The van der Waals surface area contributed by atoms with E-state index in [1.807, 2.05) is 17.8 Å². The Morgan fingerprint density at radius 1 is 1.21 bits per heavy atom. The second-order valence-corrected chi connectivity index (χ2v) is 10.7. The van der Waals surface area contributed by atoms with Crippen LogP contribution in [0, 0.1) is 11.2 Å². The average molecular weight is 490 g/mol. The molecule has 1 aromatic carbocycles. The van der Waals surface area contributed by atoms with Gasteiger partial charge in [-0.25, -0.2) is 23.1 Å². The van der Waals surface area contributed by atoms with Crippen LogP contribution in [0.2, 0.25) is 0 Å². The molecule has 0 unspecified atom stereocenters. The summed E-state index contributed by atoms with van der Waals surface area (Å²) in [7, 11) is 3.32. The van der Waals surface area contributed by atoms with E-state index in [0.717, 1.165) is 30.4 Å². The van der Waals surface area contributed by atoms with E-state index in [-0.39, 0.29) is 16.5 Å². The Bertz CT molecular complexity index is 1310. The molecule has 0 radical (unpaired) electrons. The van der Waals surface area contributed by atoms with E-state index in [0.29, 0.717) is 28.7 Å². The van der Waals surface area contributed by atoms with Crippen molar-refractivity contribution < 1.29 is 17.9 Å². The Morgan fingerprint density at radius 2 is 1.91 bits per heavy atom. The Hall–Kier alpha value is -2.39. The van der Waals surface area contributed by atoms with E-state index in [9.17, 15) is 18.0 Å². The Morgan fingerprint density at radius 3 is 2.53 bits per heavy atom. The van der Waals surface area contributed by atoms with Crippen LogP contribution in [0.1, 0.15) is 54.5 Å². The summed E-state index contributed by atoms with van der Waals surface area (Å²) in [5.74, 6) is 0.878. The van der Waals surface area contributed by atoms with Gasteiger partial charge < -0.3 is 4.74 Å². The fourth-order valence-corrected chi connectivity index (χ4v) is 6.72. The van der Waals surface area contributed by atoms with Gasteiger partial charge in [-0.15, -0.1) is 0 Å². The van der Waals surface area contributed by atoms with Crippen LogP contribution < -0.4 is 5.56 Å². The van der Waals surface area contributed by atoms with Gasteiger partial charge in [0.1, 0.15) is 17.8 Å². The first-order valence-electron chi connectivity index (χ1n) is 11.2. The highest BCUT2D eigenvalue weighted by atomic mass is 32.2. The van der Waals surface area contributed by atoms with E-state index in [1.54, 1.807) is 21.1 Å². The summed E-state index contributed by atoms with van der Waals surface area (Å²) >= 11 is 1.91. The quantitative estimate of drug-likeness (QED) is 0.481. The smallest absolute Gasteiger partial charge is 0.266 e. The molecule has 180 valence electrons. The first-order chi connectivity index (χ1) is 16.2. The lowest BCUT2D eigenvalue weighted by atomic mass is 9.58. The average Bonchev–Trinajstić information content (AvgIpc) is 2.76. The number of fused-ring (bicyclic) bond motifs is 1. The molecule has 2 aliphatic rings. The Balaban J connectivity index is 1.56. The van der Waals surface area contributed by atoms with Crippen molar-refractivity contribution in [2.75, 3.05) is 18.6 Å². The number of halogens is 3. The molecule has 3 aromatic rings. The molecular weight excluding hydrogens is 463 g/mol. The lowest BCUT2D eigenvalue weighted by Crippen LogP contribution is -2.59. The van der Waals surface area contributed by atoms with Crippen LogP contribution in [0.25, 0.3) is 11.0 Å². The van der Waals surface area contributed by atoms with Gasteiger partial charge in [-0.05, 0) is 53.7 Å². The molecule has 1 saturated carbocycles. The summed E-state index contributed by atoms with van der Waals surface area (Å²) in [6.45, 7) is 1.78. The van der Waals surface area contributed by atoms with Crippen LogP contribution in [0.5, 0.6) is 0 Å². The van der Waals surface area contributed by atoms with Gasteiger partial charge in [0.05, 0.1) is 22.4 Å². The van der Waals surface area contributed by atoms with Crippen LogP contribution in [0.4, 0.5) is 13.2 Å². The lowest BCUT2D eigenvalue weighted by Gasteiger charge is -2.59. The van der Waals surface area contributed by atoms with Crippen molar-refractivity contribution >= 4 is 22.8 Å². The summed E-state index contributed by atoms with van der Waals surface area (Å²) < 4.78 is 48.6. The van der Waals surface area contributed by atoms with Crippen molar-refractivity contribution in [3.05, 3.63) is 69.1 Å². The third-order valence-corrected chi connectivity index (χ3v) is 9.06. The van der Waals surface area contributed by atoms with Gasteiger partial charge in [-0.1, -0.05) is 25.1 Å². The zero-order chi connectivity index (χ0) is 24.3. The van der Waals surface area contributed by atoms with Crippen LogP contribution in [0.15, 0.2) is 35.4 Å². The number of hydrogen-bond donors (Lipinski definition) is 0. The number of methoxy groups -OCH3 is 1. The molecule has 5 rings (SSSR count). The molecule has 2 fully saturated rings. The number of alkyl halides is 2. The minimum atomic E-state index is -2.88. The van der Waals surface area contributed by atoms with Gasteiger partial charge >= 0.3 is 0 Å². The second kappa shape index (κ2) is 8.37. The van der Waals surface area contributed by atoms with Crippen molar-refractivity contribution in [1.82, 2.24) is 14.5 Å². The van der Waals surface area contributed by atoms with E-state index in [4.69, 9.17) is 4.74 Å². The standard InChI is InChI=1S/C25H26F3N3O2S/c1-14(15-5-4-6-16(20(15)26)21(27)28)7-19-17-8-18(23(32)31(2)22(17)30-13-29-19)25(33-3)9-24(10-25)11-34-12-24/h4-6,8,13-14,21H,7,9-12H2,1-3H3/t14-/m0/s1. The number of rotatable bonds is 6. The van der Waals surface area contributed by atoms with Crippen molar-refractivity contribution in [3.8, 4) is 0 Å². The fraction of sp³-hybridized carbons (Fsp3) is 0.480. The van der Waals surface area contributed by atoms with Crippen molar-refractivity contribution in [2.45, 2.75) is 44.1 Å². The van der Waals surface area contributed by atoms with Gasteiger partial charge in [0.25, 0.3) is 12.0 Å². The second-order valence-electron chi connectivity index (χ2n) is 9.68. The molecule has 5 nitrogen and oxygen atoms in total. The summed E-state index contributed by atoms with van der Waals surface area (Å²) in [6.07, 6.45) is 0.408. The van der Waals surface area contributed by atoms with Gasteiger partial charge in [-0.3, -0.25) is 9.36 Å². The van der Waals surface area contributed by atoms with Crippen LogP contribution in [0.3, 0.4) is 0 Å². The van der Waals surface area contributed by atoms with Gasteiger partial charge in [-0.2, -0.15) is 11.8 Å². The molecule has 2 aromatic heterocycles. The molecule has 1 aliphatic carbocycles. The molecule has 34 heavy (non-hydrogen) atoms. The minimum absolute atomic E-state index is 0.149. The number of aryl methyl sites for hydroxylation is 1. The number of ether oxygens (including phenoxy) is 1.